The van der Waals surface area contributed by atoms with Crippen molar-refractivity contribution in [2.24, 2.45) is 0 Å². The minimum absolute atomic E-state index is 0.0218. The number of hydrogen-bond acceptors (Lipinski definition) is 3. The van der Waals surface area contributed by atoms with Crippen molar-refractivity contribution in [3.8, 4) is 11.8 Å². The molecule has 3 N–H and O–H groups in total. The summed E-state index contributed by atoms with van der Waals surface area (Å²) in [6.45, 7) is 9.03. The number of carbonyl (C=O) groups is 1. The molecule has 152 valence electrons. The highest BCUT2D eigenvalue weighted by Crippen LogP contribution is 2.18. The zero-order valence-corrected chi connectivity index (χ0v) is 17.4. The summed E-state index contributed by atoms with van der Waals surface area (Å²) in [5.74, 6) is 0.974. The third kappa shape index (κ3) is 5.35. The van der Waals surface area contributed by atoms with Crippen LogP contribution < -0.4 is 19.9 Å². The standard InChI is InChI=1S/C23H28N4O2/c1-17-4-9-22(29-3)20(14-17)16-26-10-12-27(13-11-26)18(2)23(28)25-21-7-5-19(15-24)6-8-21/h4-9,14,18H,10-13,16H2,1-3H3,(H,25,28)/p+2/t18-/m0/s1. The molecule has 1 aliphatic rings. The maximum atomic E-state index is 12.6. The molecular formula is C23H30N4O2+2. The molecule has 1 fully saturated rings. The minimum Gasteiger partial charge on any atom is -0.496 e. The zero-order valence-electron chi connectivity index (χ0n) is 17.4. The number of amides is 1. The lowest BCUT2D eigenvalue weighted by Gasteiger charge is -2.32. The fourth-order valence-corrected chi connectivity index (χ4v) is 3.91. The number of benzene rings is 2. The van der Waals surface area contributed by atoms with Gasteiger partial charge in [0.2, 0.25) is 0 Å². The van der Waals surface area contributed by atoms with Crippen molar-refractivity contribution in [2.45, 2.75) is 26.4 Å². The van der Waals surface area contributed by atoms with Gasteiger partial charge >= 0.3 is 0 Å². The molecule has 6 nitrogen and oxygen atoms in total. The average Bonchev–Trinajstić information content (AvgIpc) is 2.74. The van der Waals surface area contributed by atoms with Crippen LogP contribution in [0.15, 0.2) is 42.5 Å². The molecule has 1 heterocycles. The largest absolute Gasteiger partial charge is 0.496 e. The number of piperazine rings is 1. The molecule has 6 heteroatoms. The quantitative estimate of drug-likeness (QED) is 0.655. The number of quaternary nitrogens is 2. The van der Waals surface area contributed by atoms with Crippen molar-refractivity contribution in [1.82, 2.24) is 0 Å². The Morgan fingerprint density at radius 3 is 2.48 bits per heavy atom. The van der Waals surface area contributed by atoms with Crippen LogP contribution in [0.1, 0.15) is 23.6 Å². The molecule has 0 spiro atoms. The van der Waals surface area contributed by atoms with E-state index in [9.17, 15) is 4.79 Å². The SMILES string of the molecule is COc1ccc(C)cc1C[NH+]1CC[NH+]([C@@H](C)C(=O)Nc2ccc(C#N)cc2)CC1. The van der Waals surface area contributed by atoms with E-state index in [0.717, 1.165) is 44.2 Å². The molecule has 3 rings (SSSR count). The molecule has 2 aromatic rings. The number of nitriles is 1. The monoisotopic (exact) mass is 394 g/mol. The smallest absolute Gasteiger partial charge is 0.282 e. The van der Waals surface area contributed by atoms with Crippen LogP contribution in [0, 0.1) is 18.3 Å². The summed E-state index contributed by atoms with van der Waals surface area (Å²) in [5, 5.41) is 11.8. The Kier molecular flexibility index (Phi) is 6.86. The van der Waals surface area contributed by atoms with Gasteiger partial charge in [-0.25, -0.2) is 0 Å². The zero-order chi connectivity index (χ0) is 20.8. The topological polar surface area (TPSA) is 71.0 Å². The van der Waals surface area contributed by atoms with Crippen LogP contribution in [-0.4, -0.2) is 45.2 Å². The van der Waals surface area contributed by atoms with Gasteiger partial charge in [-0.1, -0.05) is 11.6 Å². The van der Waals surface area contributed by atoms with E-state index in [1.165, 1.54) is 20.9 Å². The first-order valence-electron chi connectivity index (χ1n) is 10.1. The minimum atomic E-state index is -0.110. The summed E-state index contributed by atoms with van der Waals surface area (Å²) >= 11 is 0. The summed E-state index contributed by atoms with van der Waals surface area (Å²) in [7, 11) is 1.72. The van der Waals surface area contributed by atoms with E-state index in [4.69, 9.17) is 10.00 Å². The molecule has 1 aliphatic heterocycles. The Hall–Kier alpha value is -2.88. The number of hydrogen-bond donors (Lipinski definition) is 3. The lowest BCUT2D eigenvalue weighted by molar-refractivity contribution is -1.02. The van der Waals surface area contributed by atoms with Crippen LogP contribution >= 0.6 is 0 Å². The average molecular weight is 395 g/mol. The van der Waals surface area contributed by atoms with Crippen molar-refractivity contribution in [2.75, 3.05) is 38.6 Å². The van der Waals surface area contributed by atoms with E-state index in [-0.39, 0.29) is 11.9 Å². The molecule has 2 aromatic carbocycles. The summed E-state index contributed by atoms with van der Waals surface area (Å²) in [6, 6.07) is 15.3. The van der Waals surface area contributed by atoms with E-state index in [1.807, 2.05) is 13.0 Å². The number of methoxy groups -OCH3 is 1. The van der Waals surface area contributed by atoms with Gasteiger partial charge < -0.3 is 19.9 Å². The van der Waals surface area contributed by atoms with Gasteiger partial charge in [0.25, 0.3) is 5.91 Å². The molecule has 0 bridgehead atoms. The van der Waals surface area contributed by atoms with E-state index in [1.54, 1.807) is 31.4 Å². The molecule has 1 amide bonds. The van der Waals surface area contributed by atoms with Gasteiger partial charge in [0.05, 0.1) is 18.7 Å². The number of ether oxygens (including phenoxy) is 1. The van der Waals surface area contributed by atoms with Gasteiger partial charge in [-0.05, 0) is 50.2 Å². The predicted molar refractivity (Wildman–Crippen MR) is 112 cm³/mol. The fraction of sp³-hybridized carbons (Fsp3) is 0.391. The first-order chi connectivity index (χ1) is 14.0. The molecule has 0 radical (unpaired) electrons. The Bertz CT molecular complexity index is 881. The fourth-order valence-electron chi connectivity index (χ4n) is 3.91. The van der Waals surface area contributed by atoms with Crippen LogP contribution in [0.3, 0.4) is 0 Å². The Labute approximate surface area is 172 Å². The molecule has 29 heavy (non-hydrogen) atoms. The highest BCUT2D eigenvalue weighted by atomic mass is 16.5. The van der Waals surface area contributed by atoms with E-state index in [2.05, 4.69) is 30.4 Å². The van der Waals surface area contributed by atoms with Crippen LogP contribution in [0.25, 0.3) is 0 Å². The molecule has 0 unspecified atom stereocenters. The first kappa shape index (κ1) is 20.8. The Morgan fingerprint density at radius 2 is 1.86 bits per heavy atom. The number of carbonyl (C=O) groups excluding carboxylic acids is 1. The maximum Gasteiger partial charge on any atom is 0.282 e. The van der Waals surface area contributed by atoms with Gasteiger partial charge in [0, 0.05) is 11.3 Å². The molecule has 1 atom stereocenters. The van der Waals surface area contributed by atoms with Crippen molar-refractivity contribution in [3.05, 3.63) is 59.2 Å². The van der Waals surface area contributed by atoms with Crippen molar-refractivity contribution < 1.29 is 19.3 Å². The Balaban J connectivity index is 1.52. The van der Waals surface area contributed by atoms with Crippen molar-refractivity contribution >= 4 is 11.6 Å². The first-order valence-corrected chi connectivity index (χ1v) is 10.1. The predicted octanol–water partition coefficient (Wildman–Crippen LogP) is 0.186. The highest BCUT2D eigenvalue weighted by molar-refractivity contribution is 5.93. The molecular weight excluding hydrogens is 364 g/mol. The molecule has 0 aliphatic carbocycles. The van der Waals surface area contributed by atoms with E-state index >= 15 is 0 Å². The van der Waals surface area contributed by atoms with Gasteiger partial charge in [-0.3, -0.25) is 4.79 Å². The number of aryl methyl sites for hydroxylation is 1. The second-order valence-electron chi connectivity index (χ2n) is 7.80. The third-order valence-electron chi connectivity index (χ3n) is 5.76. The lowest BCUT2D eigenvalue weighted by Crippen LogP contribution is -3.29. The van der Waals surface area contributed by atoms with Crippen molar-refractivity contribution in [1.29, 1.82) is 5.26 Å². The van der Waals surface area contributed by atoms with E-state index < -0.39 is 0 Å². The van der Waals surface area contributed by atoms with Gasteiger partial charge in [-0.2, -0.15) is 5.26 Å². The molecule has 0 saturated carbocycles. The van der Waals surface area contributed by atoms with Crippen LogP contribution in [0.5, 0.6) is 5.75 Å². The number of nitrogens with zero attached hydrogens (tertiary/aromatic N) is 1. The van der Waals surface area contributed by atoms with Gasteiger partial charge in [-0.15, -0.1) is 0 Å². The lowest BCUT2D eigenvalue weighted by atomic mass is 10.1. The third-order valence-corrected chi connectivity index (χ3v) is 5.76. The van der Waals surface area contributed by atoms with Crippen molar-refractivity contribution in [3.63, 3.8) is 0 Å². The normalized spacial score (nSPS) is 19.8. The second kappa shape index (κ2) is 9.55. The number of anilines is 1. The second-order valence-corrected chi connectivity index (χ2v) is 7.80. The molecule has 0 aromatic heterocycles. The van der Waals surface area contributed by atoms with E-state index in [0.29, 0.717) is 5.56 Å². The van der Waals surface area contributed by atoms with Gasteiger partial charge in [0.1, 0.15) is 38.5 Å². The number of rotatable bonds is 6. The van der Waals surface area contributed by atoms with Crippen LogP contribution in [0.4, 0.5) is 5.69 Å². The van der Waals surface area contributed by atoms with Crippen LogP contribution in [0.2, 0.25) is 0 Å². The summed E-state index contributed by atoms with van der Waals surface area (Å²) in [5.41, 5.74) is 3.82. The Morgan fingerprint density at radius 1 is 1.17 bits per heavy atom. The van der Waals surface area contributed by atoms with Gasteiger partial charge in [0.15, 0.2) is 6.04 Å². The number of nitrogens with one attached hydrogen (secondary N) is 3. The maximum absolute atomic E-state index is 12.6. The highest BCUT2D eigenvalue weighted by Gasteiger charge is 2.31. The summed E-state index contributed by atoms with van der Waals surface area (Å²) in [4.78, 5) is 15.5. The molecule has 1 saturated heterocycles. The summed E-state index contributed by atoms with van der Waals surface area (Å²) in [6.07, 6.45) is 0. The summed E-state index contributed by atoms with van der Waals surface area (Å²) < 4.78 is 5.51. The van der Waals surface area contributed by atoms with Crippen LogP contribution in [-0.2, 0) is 11.3 Å².